The first-order valence-corrected chi connectivity index (χ1v) is 9.67. The van der Waals surface area contributed by atoms with Crippen LogP contribution in [0.5, 0.6) is 0 Å². The minimum absolute atomic E-state index is 0.928. The van der Waals surface area contributed by atoms with E-state index in [1.165, 1.54) is 11.1 Å². The second-order valence-electron chi connectivity index (χ2n) is 6.35. The van der Waals surface area contributed by atoms with Crippen molar-refractivity contribution in [1.82, 2.24) is 9.97 Å². The Hall–Kier alpha value is -3.30. The summed E-state index contributed by atoms with van der Waals surface area (Å²) in [7, 11) is 0. The van der Waals surface area contributed by atoms with Crippen LogP contribution in [0.15, 0.2) is 84.9 Å². The molecule has 2 nitrogen and oxygen atoms in total. The normalized spacial score (nSPS) is 12.9. The predicted octanol–water partition coefficient (Wildman–Crippen LogP) is 4.50. The van der Waals surface area contributed by atoms with Crippen molar-refractivity contribution in [3.05, 3.63) is 105 Å². The molecule has 0 amide bonds. The van der Waals surface area contributed by atoms with E-state index >= 15 is 0 Å². The summed E-state index contributed by atoms with van der Waals surface area (Å²) in [5, 5.41) is 0. The maximum Gasteiger partial charge on any atom is 0.108 e. The van der Waals surface area contributed by atoms with E-state index in [0.717, 1.165) is 31.1 Å². The predicted molar refractivity (Wildman–Crippen MR) is 114 cm³/mol. The highest BCUT2D eigenvalue weighted by Gasteiger charge is 2.07. The molecule has 0 N–H and O–H groups in total. The molecule has 5 aromatic rings. The van der Waals surface area contributed by atoms with Crippen molar-refractivity contribution in [2.75, 3.05) is 0 Å². The van der Waals surface area contributed by atoms with Gasteiger partial charge in [0.05, 0.1) is 20.1 Å². The average Bonchev–Trinajstić information content (AvgIpc) is 3.04. The number of aromatic nitrogens is 2. The van der Waals surface area contributed by atoms with E-state index in [4.69, 9.17) is 9.97 Å². The van der Waals surface area contributed by atoms with Crippen molar-refractivity contribution in [2.24, 2.45) is 0 Å². The molecule has 3 heteroatoms. The van der Waals surface area contributed by atoms with Crippen LogP contribution in [0.4, 0.5) is 0 Å². The van der Waals surface area contributed by atoms with Crippen LogP contribution >= 0.6 is 11.3 Å². The lowest BCUT2D eigenvalue weighted by atomic mass is 10.2. The molecule has 2 aromatic heterocycles. The molecular weight excluding hydrogens is 348 g/mol. The lowest BCUT2D eigenvalue weighted by Gasteiger charge is -1.97. The molecule has 3 aromatic carbocycles. The summed E-state index contributed by atoms with van der Waals surface area (Å²) in [5.74, 6) is 0. The molecular formula is C24H16N2S. The molecule has 0 fully saturated rings. The van der Waals surface area contributed by atoms with Gasteiger partial charge in [-0.25, -0.2) is 9.97 Å². The quantitative estimate of drug-likeness (QED) is 0.461. The zero-order valence-corrected chi connectivity index (χ0v) is 15.4. The lowest BCUT2D eigenvalue weighted by Crippen LogP contribution is -1.98. The summed E-state index contributed by atoms with van der Waals surface area (Å²) in [4.78, 5) is 9.87. The Balaban J connectivity index is 1.86. The van der Waals surface area contributed by atoms with E-state index in [1.54, 1.807) is 11.3 Å². The lowest BCUT2D eigenvalue weighted by molar-refractivity contribution is 1.40. The van der Waals surface area contributed by atoms with Crippen LogP contribution in [-0.2, 0) is 0 Å². The molecule has 0 aliphatic carbocycles. The Morgan fingerprint density at radius 1 is 0.519 bits per heavy atom. The summed E-state index contributed by atoms with van der Waals surface area (Å²) in [6, 6.07) is 28.8. The number of benzene rings is 3. The van der Waals surface area contributed by atoms with Gasteiger partial charge in [-0.1, -0.05) is 72.8 Å². The highest BCUT2D eigenvalue weighted by molar-refractivity contribution is 7.09. The molecule has 0 spiro atoms. The van der Waals surface area contributed by atoms with Gasteiger partial charge in [-0.3, -0.25) is 0 Å². The first-order chi connectivity index (χ1) is 13.4. The molecule has 0 bridgehead atoms. The molecule has 0 saturated carbocycles. The number of nitrogens with zero attached hydrogens (tertiary/aromatic N) is 2. The zero-order chi connectivity index (χ0) is 18.1. The van der Waals surface area contributed by atoms with Crippen LogP contribution < -0.4 is 9.06 Å². The fourth-order valence-electron chi connectivity index (χ4n) is 3.16. The molecule has 0 aliphatic heterocycles. The van der Waals surface area contributed by atoms with Crippen molar-refractivity contribution < 1.29 is 0 Å². The smallest absolute Gasteiger partial charge is 0.108 e. The fraction of sp³-hybridized carbons (Fsp3) is 0. The van der Waals surface area contributed by atoms with E-state index in [0.29, 0.717) is 0 Å². The first-order valence-electron chi connectivity index (χ1n) is 8.86. The third kappa shape index (κ3) is 3.14. The minimum atomic E-state index is 0.928. The van der Waals surface area contributed by atoms with Gasteiger partial charge in [0.25, 0.3) is 0 Å². The van der Waals surface area contributed by atoms with Crippen molar-refractivity contribution in [2.45, 2.75) is 0 Å². The molecule has 0 unspecified atom stereocenters. The molecule has 2 heterocycles. The SMILES string of the molecule is C(/c1ccccc1)=c1/s/c(=C\c2ccccc2)c2nc3ccccc3nc12. The molecule has 128 valence electrons. The van der Waals surface area contributed by atoms with Gasteiger partial charge in [0.2, 0.25) is 0 Å². The van der Waals surface area contributed by atoms with Gasteiger partial charge >= 0.3 is 0 Å². The second-order valence-corrected chi connectivity index (χ2v) is 7.43. The number of hydrogen-bond acceptors (Lipinski definition) is 3. The average molecular weight is 364 g/mol. The van der Waals surface area contributed by atoms with E-state index in [-0.39, 0.29) is 0 Å². The highest BCUT2D eigenvalue weighted by Crippen LogP contribution is 2.14. The molecule has 0 saturated heterocycles. The Labute approximate surface area is 160 Å². The number of para-hydroxylation sites is 2. The van der Waals surface area contributed by atoms with Crippen LogP contribution in [0.1, 0.15) is 11.1 Å². The van der Waals surface area contributed by atoms with Crippen LogP contribution in [0.3, 0.4) is 0 Å². The third-order valence-corrected chi connectivity index (χ3v) is 5.51. The Kier molecular flexibility index (Phi) is 4.00. The van der Waals surface area contributed by atoms with Crippen LogP contribution in [0.25, 0.3) is 34.2 Å². The summed E-state index contributed by atoms with van der Waals surface area (Å²) in [6.07, 6.45) is 4.39. The monoisotopic (exact) mass is 364 g/mol. The van der Waals surface area contributed by atoms with Gasteiger partial charge in [0.15, 0.2) is 0 Å². The van der Waals surface area contributed by atoms with E-state index < -0.39 is 0 Å². The maximum absolute atomic E-state index is 4.93. The van der Waals surface area contributed by atoms with Gasteiger partial charge in [-0.15, -0.1) is 11.3 Å². The topological polar surface area (TPSA) is 25.8 Å². The molecule has 0 aliphatic rings. The number of rotatable bonds is 2. The van der Waals surface area contributed by atoms with Crippen LogP contribution in [0, 0.1) is 0 Å². The minimum Gasteiger partial charge on any atom is -0.243 e. The standard InChI is InChI=1S/C24H16N2S/c1-3-9-17(10-4-1)15-21-23-24(26-20-14-8-7-13-19(20)25-23)22(27-21)16-18-11-5-2-6-12-18/h1-16H/b21-15-,22-16-. The summed E-state index contributed by atoms with van der Waals surface area (Å²) >= 11 is 1.74. The van der Waals surface area contributed by atoms with Crippen molar-refractivity contribution in [3.63, 3.8) is 0 Å². The molecule has 0 atom stereocenters. The Morgan fingerprint density at radius 2 is 0.926 bits per heavy atom. The highest BCUT2D eigenvalue weighted by atomic mass is 32.1. The zero-order valence-electron chi connectivity index (χ0n) is 14.5. The van der Waals surface area contributed by atoms with Crippen molar-refractivity contribution >= 4 is 45.6 Å². The first kappa shape index (κ1) is 15.9. The molecule has 0 radical (unpaired) electrons. The van der Waals surface area contributed by atoms with E-state index in [9.17, 15) is 0 Å². The van der Waals surface area contributed by atoms with Crippen molar-refractivity contribution in [3.8, 4) is 0 Å². The summed E-state index contributed by atoms with van der Waals surface area (Å²) in [6.45, 7) is 0. The summed E-state index contributed by atoms with van der Waals surface area (Å²) in [5.41, 5.74) is 6.12. The maximum atomic E-state index is 4.93. The van der Waals surface area contributed by atoms with Gasteiger partial charge < -0.3 is 0 Å². The van der Waals surface area contributed by atoms with Gasteiger partial charge in [0, 0.05) is 0 Å². The second kappa shape index (κ2) is 6.78. The molecule has 5 rings (SSSR count). The fourth-order valence-corrected chi connectivity index (χ4v) is 4.26. The Morgan fingerprint density at radius 3 is 1.37 bits per heavy atom. The van der Waals surface area contributed by atoms with E-state index in [2.05, 4.69) is 60.7 Å². The van der Waals surface area contributed by atoms with Crippen molar-refractivity contribution in [1.29, 1.82) is 0 Å². The number of fused-ring (bicyclic) bond motifs is 2. The van der Waals surface area contributed by atoms with Gasteiger partial charge in [0.1, 0.15) is 11.0 Å². The molecule has 27 heavy (non-hydrogen) atoms. The Bertz CT molecular complexity index is 1250. The largest absolute Gasteiger partial charge is 0.243 e. The van der Waals surface area contributed by atoms with Crippen LogP contribution in [-0.4, -0.2) is 9.97 Å². The van der Waals surface area contributed by atoms with Crippen LogP contribution in [0.2, 0.25) is 0 Å². The van der Waals surface area contributed by atoms with Gasteiger partial charge in [-0.2, -0.15) is 0 Å². The number of thiophene rings is 1. The van der Waals surface area contributed by atoms with E-state index in [1.807, 2.05) is 36.4 Å². The van der Waals surface area contributed by atoms with Gasteiger partial charge in [-0.05, 0) is 35.4 Å². The third-order valence-electron chi connectivity index (χ3n) is 4.45. The number of hydrogen-bond donors (Lipinski definition) is 0. The summed E-state index contributed by atoms with van der Waals surface area (Å²) < 4.78 is 2.27.